The summed E-state index contributed by atoms with van der Waals surface area (Å²) in [6, 6.07) is 10.4. The van der Waals surface area contributed by atoms with Crippen molar-refractivity contribution in [2.24, 2.45) is 5.41 Å². The van der Waals surface area contributed by atoms with Gasteiger partial charge in [-0.05, 0) is 12.1 Å². The number of rotatable bonds is 3. The van der Waals surface area contributed by atoms with Crippen molar-refractivity contribution in [2.45, 2.75) is 6.92 Å². The summed E-state index contributed by atoms with van der Waals surface area (Å²) < 4.78 is 5.32. The molecule has 0 amide bonds. The van der Waals surface area contributed by atoms with Gasteiger partial charge in [0.1, 0.15) is 0 Å². The van der Waals surface area contributed by atoms with E-state index in [4.69, 9.17) is 14.6 Å². The number of benzene rings is 1. The number of aromatic nitrogens is 1. The first-order valence-corrected chi connectivity index (χ1v) is 6.80. The van der Waals surface area contributed by atoms with Crippen LogP contribution in [0.15, 0.2) is 36.5 Å². The van der Waals surface area contributed by atoms with Crippen LogP contribution in [-0.4, -0.2) is 43.4 Å². The number of pyridine rings is 1. The molecule has 21 heavy (non-hydrogen) atoms. The maximum Gasteiger partial charge on any atom is 0.290 e. The van der Waals surface area contributed by atoms with Crippen LogP contribution in [0, 0.1) is 5.41 Å². The molecule has 1 fully saturated rings. The zero-order valence-corrected chi connectivity index (χ0v) is 12.3. The highest BCUT2D eigenvalue weighted by Crippen LogP contribution is 2.31. The molecule has 0 atom stereocenters. The first kappa shape index (κ1) is 15.3. The van der Waals surface area contributed by atoms with E-state index in [1.54, 1.807) is 0 Å². The molecule has 0 unspecified atom stereocenters. The minimum absolute atomic E-state index is 0.250. The summed E-state index contributed by atoms with van der Waals surface area (Å²) in [6.45, 7) is 4.76. The van der Waals surface area contributed by atoms with Crippen molar-refractivity contribution in [3.63, 3.8) is 0 Å². The fraction of sp³-hybridized carbons (Fsp3) is 0.375. The van der Waals surface area contributed by atoms with E-state index in [-0.39, 0.29) is 6.47 Å². The van der Waals surface area contributed by atoms with Crippen LogP contribution in [0.3, 0.4) is 0 Å². The van der Waals surface area contributed by atoms with Gasteiger partial charge in [0.25, 0.3) is 6.47 Å². The van der Waals surface area contributed by atoms with Gasteiger partial charge in [-0.25, -0.2) is 0 Å². The molecule has 1 saturated heterocycles. The van der Waals surface area contributed by atoms with E-state index in [0.29, 0.717) is 5.41 Å². The molecular weight excluding hydrogens is 268 g/mol. The minimum Gasteiger partial charge on any atom is -0.483 e. The highest BCUT2D eigenvalue weighted by atomic mass is 16.5. The van der Waals surface area contributed by atoms with Crippen LogP contribution >= 0.6 is 0 Å². The van der Waals surface area contributed by atoms with Crippen molar-refractivity contribution >= 4 is 23.1 Å². The van der Waals surface area contributed by atoms with Gasteiger partial charge in [-0.2, -0.15) is 0 Å². The number of ether oxygens (including phenoxy) is 1. The second kappa shape index (κ2) is 6.54. The number of carbonyl (C=O) groups is 1. The molecule has 5 nitrogen and oxygen atoms in total. The van der Waals surface area contributed by atoms with Crippen molar-refractivity contribution in [1.82, 2.24) is 4.98 Å². The smallest absolute Gasteiger partial charge is 0.290 e. The molecule has 5 heteroatoms. The number of nitrogens with zero attached hydrogens (tertiary/aromatic N) is 2. The lowest BCUT2D eigenvalue weighted by Gasteiger charge is -2.41. The summed E-state index contributed by atoms with van der Waals surface area (Å²) in [5.41, 5.74) is 2.59. The molecule has 2 aromatic rings. The lowest BCUT2D eigenvalue weighted by Crippen LogP contribution is -2.47. The normalized spacial score (nSPS) is 15.5. The predicted molar refractivity (Wildman–Crippen MR) is 82.6 cm³/mol. The Kier molecular flexibility index (Phi) is 4.75. The third-order valence-corrected chi connectivity index (χ3v) is 3.56. The van der Waals surface area contributed by atoms with Crippen molar-refractivity contribution < 1.29 is 14.6 Å². The summed E-state index contributed by atoms with van der Waals surface area (Å²) in [5, 5.41) is 8.10. The minimum atomic E-state index is -0.250. The van der Waals surface area contributed by atoms with Crippen LogP contribution < -0.4 is 4.90 Å². The van der Waals surface area contributed by atoms with Gasteiger partial charge in [-0.15, -0.1) is 0 Å². The zero-order valence-electron chi connectivity index (χ0n) is 12.3. The van der Waals surface area contributed by atoms with Crippen LogP contribution in [0.5, 0.6) is 0 Å². The summed E-state index contributed by atoms with van der Waals surface area (Å²) in [7, 11) is 2.14. The molecule has 1 aliphatic heterocycles. The van der Waals surface area contributed by atoms with Crippen LogP contribution in [0.2, 0.25) is 0 Å². The molecule has 0 aliphatic carbocycles. The van der Waals surface area contributed by atoms with Gasteiger partial charge in [-0.3, -0.25) is 9.78 Å². The maximum atomic E-state index is 8.36. The molecule has 1 N–H and O–H groups in total. The number of hydrogen-bond acceptors (Lipinski definition) is 4. The average Bonchev–Trinajstić information content (AvgIpc) is 2.46. The number of para-hydroxylation sites is 1. The summed E-state index contributed by atoms with van der Waals surface area (Å²) in [6.07, 6.45) is 1.88. The van der Waals surface area contributed by atoms with Gasteiger partial charge in [-0.1, -0.05) is 25.1 Å². The third kappa shape index (κ3) is 3.49. The SMILES string of the molecule is CN(CC1(C)COC1)c1ccnc2ccccc12.O=CO. The van der Waals surface area contributed by atoms with Crippen molar-refractivity contribution in [2.75, 3.05) is 31.7 Å². The third-order valence-electron chi connectivity index (χ3n) is 3.56. The van der Waals surface area contributed by atoms with Crippen molar-refractivity contribution in [3.8, 4) is 0 Å². The molecule has 1 aliphatic rings. The zero-order chi connectivity index (χ0) is 15.3. The van der Waals surface area contributed by atoms with Gasteiger partial charge >= 0.3 is 0 Å². The molecule has 112 valence electrons. The highest BCUT2D eigenvalue weighted by molar-refractivity contribution is 5.91. The van der Waals surface area contributed by atoms with E-state index in [2.05, 4.69) is 48.1 Å². The molecule has 1 aromatic heterocycles. The Bertz CT molecular complexity index is 606. The van der Waals surface area contributed by atoms with Crippen LogP contribution in [0.25, 0.3) is 10.9 Å². The molecular formula is C16H20N2O3. The Morgan fingerprint density at radius 2 is 2.05 bits per heavy atom. The van der Waals surface area contributed by atoms with Crippen molar-refractivity contribution in [3.05, 3.63) is 36.5 Å². The van der Waals surface area contributed by atoms with E-state index in [9.17, 15) is 0 Å². The molecule has 0 radical (unpaired) electrons. The van der Waals surface area contributed by atoms with Gasteiger partial charge < -0.3 is 14.7 Å². The molecule has 0 bridgehead atoms. The largest absolute Gasteiger partial charge is 0.483 e. The number of hydrogen-bond donors (Lipinski definition) is 1. The maximum absolute atomic E-state index is 8.36. The summed E-state index contributed by atoms with van der Waals surface area (Å²) >= 11 is 0. The second-order valence-electron chi connectivity index (χ2n) is 5.61. The topological polar surface area (TPSA) is 62.7 Å². The molecule has 2 heterocycles. The Hall–Kier alpha value is -2.14. The average molecular weight is 288 g/mol. The molecule has 3 rings (SSSR count). The lowest BCUT2D eigenvalue weighted by molar-refractivity contribution is -0.122. The van der Waals surface area contributed by atoms with Gasteiger partial charge in [0.2, 0.25) is 0 Å². The van der Waals surface area contributed by atoms with Gasteiger partial charge in [0, 0.05) is 36.3 Å². The van der Waals surface area contributed by atoms with Gasteiger partial charge in [0.05, 0.1) is 18.7 Å². The second-order valence-corrected chi connectivity index (χ2v) is 5.61. The highest BCUT2D eigenvalue weighted by Gasteiger charge is 2.34. The Labute approximate surface area is 124 Å². The first-order valence-electron chi connectivity index (χ1n) is 6.80. The van der Waals surface area contributed by atoms with Gasteiger partial charge in [0.15, 0.2) is 0 Å². The Balaban J connectivity index is 0.000000497. The number of fused-ring (bicyclic) bond motifs is 1. The lowest BCUT2D eigenvalue weighted by atomic mass is 9.88. The summed E-state index contributed by atoms with van der Waals surface area (Å²) in [5.74, 6) is 0. The van der Waals surface area contributed by atoms with Crippen LogP contribution in [0.1, 0.15) is 6.92 Å². The van der Waals surface area contributed by atoms with E-state index in [0.717, 1.165) is 25.3 Å². The fourth-order valence-electron chi connectivity index (χ4n) is 2.61. The quantitative estimate of drug-likeness (QED) is 0.879. The van der Waals surface area contributed by atoms with Crippen LogP contribution in [0.4, 0.5) is 5.69 Å². The Morgan fingerprint density at radius 3 is 2.67 bits per heavy atom. The number of carboxylic acid groups (broad SMARTS) is 1. The fourth-order valence-corrected chi connectivity index (χ4v) is 2.61. The van der Waals surface area contributed by atoms with Crippen LogP contribution in [-0.2, 0) is 9.53 Å². The standard InChI is InChI=1S/C15H18N2O.CH2O2/c1-15(10-18-11-15)9-17(2)14-7-8-16-13-6-4-3-5-12(13)14;2-1-3/h3-8H,9-11H2,1-2H3;1H,(H,2,3). The predicted octanol–water partition coefficient (Wildman–Crippen LogP) is 2.41. The molecule has 1 aromatic carbocycles. The Morgan fingerprint density at radius 1 is 1.38 bits per heavy atom. The number of anilines is 1. The summed E-state index contributed by atoms with van der Waals surface area (Å²) in [4.78, 5) is 15.1. The monoisotopic (exact) mass is 288 g/mol. The molecule has 0 saturated carbocycles. The van der Waals surface area contributed by atoms with E-state index in [1.807, 2.05) is 12.3 Å². The van der Waals surface area contributed by atoms with E-state index < -0.39 is 0 Å². The van der Waals surface area contributed by atoms with Crippen molar-refractivity contribution in [1.29, 1.82) is 0 Å². The first-order chi connectivity index (χ1) is 10.1. The van der Waals surface area contributed by atoms with E-state index in [1.165, 1.54) is 11.1 Å². The molecule has 0 spiro atoms. The van der Waals surface area contributed by atoms with E-state index >= 15 is 0 Å².